The molecule has 0 aliphatic heterocycles. The van der Waals surface area contributed by atoms with Gasteiger partial charge in [0, 0.05) is 0 Å². The van der Waals surface area contributed by atoms with Crippen LogP contribution >= 0.6 is 0 Å². The second-order valence-corrected chi connectivity index (χ2v) is 6.84. The molecule has 2 fully saturated rings. The molecule has 0 unspecified atom stereocenters. The van der Waals surface area contributed by atoms with Crippen LogP contribution in [0.1, 0.15) is 71.1 Å². The van der Waals surface area contributed by atoms with Crippen LogP contribution in [0, 0.1) is 23.7 Å². The van der Waals surface area contributed by atoms with Crippen molar-refractivity contribution < 1.29 is 0 Å². The summed E-state index contributed by atoms with van der Waals surface area (Å²) in [5.74, 6) is 3.96. The minimum absolute atomic E-state index is 0.827. The molecule has 2 aliphatic carbocycles. The Morgan fingerprint density at radius 2 is 1.47 bits per heavy atom. The van der Waals surface area contributed by atoms with Gasteiger partial charge >= 0.3 is 0 Å². The van der Waals surface area contributed by atoms with Crippen LogP contribution in [-0.2, 0) is 0 Å². The lowest BCUT2D eigenvalue weighted by Gasteiger charge is -2.37. The van der Waals surface area contributed by atoms with Crippen LogP contribution < -0.4 is 0 Å². The summed E-state index contributed by atoms with van der Waals surface area (Å²) in [6.45, 7) is 6.10. The van der Waals surface area contributed by atoms with Crippen LogP contribution in [0.4, 0.5) is 0 Å². The van der Waals surface area contributed by atoms with E-state index in [-0.39, 0.29) is 0 Å². The van der Waals surface area contributed by atoms with Crippen molar-refractivity contribution in [3.8, 4) is 0 Å². The molecule has 0 aromatic heterocycles. The molecule has 2 saturated carbocycles. The third-order valence-electron chi connectivity index (χ3n) is 5.69. The third kappa shape index (κ3) is 4.51. The SMILES string of the molecule is C=CC1CCC(C2CCC(CCC=CC)CC2)CC1. The van der Waals surface area contributed by atoms with Gasteiger partial charge in [-0.25, -0.2) is 0 Å². The van der Waals surface area contributed by atoms with Gasteiger partial charge in [-0.2, -0.15) is 0 Å². The van der Waals surface area contributed by atoms with Gasteiger partial charge in [-0.15, -0.1) is 6.58 Å². The van der Waals surface area contributed by atoms with E-state index in [4.69, 9.17) is 0 Å². The second-order valence-electron chi connectivity index (χ2n) is 6.84. The van der Waals surface area contributed by atoms with Gasteiger partial charge in [-0.3, -0.25) is 0 Å². The highest BCUT2D eigenvalue weighted by molar-refractivity contribution is 4.88. The number of hydrogen-bond donors (Lipinski definition) is 0. The molecule has 0 aromatic carbocycles. The van der Waals surface area contributed by atoms with Crippen molar-refractivity contribution in [1.82, 2.24) is 0 Å². The molecule has 0 amide bonds. The summed E-state index contributed by atoms with van der Waals surface area (Å²) in [6.07, 6.45) is 21.3. The largest absolute Gasteiger partial charge is 0.103 e. The molecule has 19 heavy (non-hydrogen) atoms. The van der Waals surface area contributed by atoms with Crippen LogP contribution in [0.25, 0.3) is 0 Å². The van der Waals surface area contributed by atoms with E-state index in [1.54, 1.807) is 0 Å². The summed E-state index contributed by atoms with van der Waals surface area (Å²) in [5, 5.41) is 0. The lowest BCUT2D eigenvalue weighted by molar-refractivity contribution is 0.153. The van der Waals surface area contributed by atoms with E-state index in [0.29, 0.717) is 0 Å². The Labute approximate surface area is 120 Å². The Kier molecular flexibility index (Phi) is 6.20. The monoisotopic (exact) mass is 260 g/mol. The molecule has 0 N–H and O–H groups in total. The molecule has 0 radical (unpaired) electrons. The lowest BCUT2D eigenvalue weighted by Crippen LogP contribution is -2.25. The van der Waals surface area contributed by atoms with Crippen LogP contribution in [0.15, 0.2) is 24.8 Å². The van der Waals surface area contributed by atoms with E-state index >= 15 is 0 Å². The molecule has 0 atom stereocenters. The predicted octanol–water partition coefficient (Wildman–Crippen LogP) is 6.14. The zero-order valence-electron chi connectivity index (χ0n) is 12.8. The van der Waals surface area contributed by atoms with Crippen LogP contribution in [0.5, 0.6) is 0 Å². The fraction of sp³-hybridized carbons (Fsp3) is 0.789. The van der Waals surface area contributed by atoms with Crippen LogP contribution in [0.2, 0.25) is 0 Å². The predicted molar refractivity (Wildman–Crippen MR) is 85.1 cm³/mol. The van der Waals surface area contributed by atoms with E-state index in [0.717, 1.165) is 23.7 Å². The molecule has 2 aliphatic rings. The Morgan fingerprint density at radius 1 is 0.895 bits per heavy atom. The highest BCUT2D eigenvalue weighted by atomic mass is 14.3. The first kappa shape index (κ1) is 14.9. The van der Waals surface area contributed by atoms with Crippen molar-refractivity contribution >= 4 is 0 Å². The first-order chi connectivity index (χ1) is 9.33. The van der Waals surface area contributed by atoms with Crippen molar-refractivity contribution in [2.75, 3.05) is 0 Å². The summed E-state index contributed by atoms with van der Waals surface area (Å²) < 4.78 is 0. The van der Waals surface area contributed by atoms with Crippen molar-refractivity contribution in [2.24, 2.45) is 23.7 Å². The standard InChI is InChI=1S/C19H32/c1-3-5-6-7-17-10-14-19(15-11-17)18-12-8-16(4-2)9-13-18/h3-5,16-19H,2,6-15H2,1H3. The molecule has 0 bridgehead atoms. The smallest absolute Gasteiger partial charge is 0.0236 e. The van der Waals surface area contributed by atoms with Gasteiger partial charge in [0.05, 0.1) is 0 Å². The number of rotatable bonds is 5. The summed E-state index contributed by atoms with van der Waals surface area (Å²) in [6, 6.07) is 0. The van der Waals surface area contributed by atoms with E-state index in [1.807, 2.05) is 0 Å². The van der Waals surface area contributed by atoms with E-state index < -0.39 is 0 Å². The van der Waals surface area contributed by atoms with Gasteiger partial charge < -0.3 is 0 Å². The fourth-order valence-electron chi connectivity index (χ4n) is 4.30. The Balaban J connectivity index is 1.67. The van der Waals surface area contributed by atoms with Gasteiger partial charge in [-0.05, 0) is 82.0 Å². The molecule has 0 spiro atoms. The minimum Gasteiger partial charge on any atom is -0.103 e. The van der Waals surface area contributed by atoms with Crippen molar-refractivity contribution in [3.63, 3.8) is 0 Å². The van der Waals surface area contributed by atoms with Gasteiger partial charge in [0.15, 0.2) is 0 Å². The quantitative estimate of drug-likeness (QED) is 0.521. The zero-order chi connectivity index (χ0) is 13.5. The van der Waals surface area contributed by atoms with Crippen molar-refractivity contribution in [3.05, 3.63) is 24.8 Å². The molecular weight excluding hydrogens is 228 g/mol. The normalized spacial score (nSPS) is 36.5. The number of hydrogen-bond acceptors (Lipinski definition) is 0. The molecule has 0 heterocycles. The van der Waals surface area contributed by atoms with Gasteiger partial charge in [-0.1, -0.05) is 31.1 Å². The molecule has 2 rings (SSSR count). The Morgan fingerprint density at radius 3 is 2.00 bits per heavy atom. The van der Waals surface area contributed by atoms with Gasteiger partial charge in [0.1, 0.15) is 0 Å². The summed E-state index contributed by atoms with van der Waals surface area (Å²) in [5.41, 5.74) is 0. The van der Waals surface area contributed by atoms with E-state index in [1.165, 1.54) is 64.2 Å². The Hall–Kier alpha value is -0.520. The average molecular weight is 260 g/mol. The van der Waals surface area contributed by atoms with Crippen molar-refractivity contribution in [2.45, 2.75) is 71.1 Å². The fourth-order valence-corrected chi connectivity index (χ4v) is 4.30. The maximum absolute atomic E-state index is 3.96. The van der Waals surface area contributed by atoms with Gasteiger partial charge in [0.25, 0.3) is 0 Å². The maximum atomic E-state index is 3.96. The molecule has 0 heteroatoms. The molecular formula is C19H32. The van der Waals surface area contributed by atoms with E-state index in [9.17, 15) is 0 Å². The molecule has 108 valence electrons. The van der Waals surface area contributed by atoms with E-state index in [2.05, 4.69) is 31.7 Å². The first-order valence-corrected chi connectivity index (χ1v) is 8.57. The summed E-state index contributed by atoms with van der Waals surface area (Å²) >= 11 is 0. The molecule has 0 saturated heterocycles. The van der Waals surface area contributed by atoms with Gasteiger partial charge in [0.2, 0.25) is 0 Å². The first-order valence-electron chi connectivity index (χ1n) is 8.57. The maximum Gasteiger partial charge on any atom is -0.0236 e. The van der Waals surface area contributed by atoms with Crippen LogP contribution in [-0.4, -0.2) is 0 Å². The highest BCUT2D eigenvalue weighted by Crippen LogP contribution is 2.42. The van der Waals surface area contributed by atoms with Crippen LogP contribution in [0.3, 0.4) is 0 Å². The minimum atomic E-state index is 0.827. The van der Waals surface area contributed by atoms with Crippen molar-refractivity contribution in [1.29, 1.82) is 0 Å². The third-order valence-corrected chi connectivity index (χ3v) is 5.69. The summed E-state index contributed by atoms with van der Waals surface area (Å²) in [4.78, 5) is 0. The highest BCUT2D eigenvalue weighted by Gasteiger charge is 2.29. The number of allylic oxidation sites excluding steroid dienone is 3. The Bertz CT molecular complexity index is 272. The average Bonchev–Trinajstić information content (AvgIpc) is 2.48. The lowest BCUT2D eigenvalue weighted by atomic mass is 9.69. The second kappa shape index (κ2) is 7.92. The molecule has 0 aromatic rings. The zero-order valence-corrected chi connectivity index (χ0v) is 12.8. The topological polar surface area (TPSA) is 0 Å². The summed E-state index contributed by atoms with van der Waals surface area (Å²) in [7, 11) is 0. The molecule has 0 nitrogen and oxygen atoms in total.